The summed E-state index contributed by atoms with van der Waals surface area (Å²) < 4.78 is 95.5. The van der Waals surface area contributed by atoms with Crippen molar-refractivity contribution in [2.24, 2.45) is 0 Å². The Labute approximate surface area is 249 Å². The first-order valence-electron chi connectivity index (χ1n) is 13.7. The van der Waals surface area contributed by atoms with Crippen molar-refractivity contribution < 1.29 is 42.9 Å². The molecule has 44 heavy (non-hydrogen) atoms. The van der Waals surface area contributed by atoms with Crippen LogP contribution in [0, 0.1) is 25.3 Å². The summed E-state index contributed by atoms with van der Waals surface area (Å²) >= 11 is 0. The van der Waals surface area contributed by atoms with Crippen LogP contribution in [-0.4, -0.2) is 57.0 Å². The van der Waals surface area contributed by atoms with Gasteiger partial charge in [0.05, 0.1) is 12.1 Å². The number of pyridine rings is 1. The molecule has 4 rings (SSSR count). The van der Waals surface area contributed by atoms with E-state index >= 15 is 0 Å². The Kier molecular flexibility index (Phi) is 7.96. The predicted octanol–water partition coefficient (Wildman–Crippen LogP) is 6.43. The van der Waals surface area contributed by atoms with Crippen molar-refractivity contribution in [2.75, 3.05) is 11.4 Å². The second-order valence-electron chi connectivity index (χ2n) is 11.8. The van der Waals surface area contributed by atoms with Crippen LogP contribution in [0.4, 0.5) is 33.9 Å². The number of nitriles is 1. The Hall–Kier alpha value is -3.58. The van der Waals surface area contributed by atoms with Crippen molar-refractivity contribution in [3.8, 4) is 6.19 Å². The molecule has 2 amide bonds. The highest BCUT2D eigenvalue weighted by molar-refractivity contribution is 8.45. The quantitative estimate of drug-likeness (QED) is 0.264. The maximum Gasteiger partial charge on any atom is 0.310 e. The van der Waals surface area contributed by atoms with Gasteiger partial charge in [0.1, 0.15) is 17.0 Å². The van der Waals surface area contributed by atoms with Crippen LogP contribution in [0.1, 0.15) is 61.9 Å². The average Bonchev–Trinajstić information content (AvgIpc) is 3.22. The number of aliphatic hydroxyl groups is 1. The van der Waals surface area contributed by atoms with Gasteiger partial charge in [-0.1, -0.05) is 19.4 Å². The van der Waals surface area contributed by atoms with Crippen LogP contribution >= 0.6 is 10.2 Å². The van der Waals surface area contributed by atoms with E-state index < -0.39 is 69.4 Å². The number of amides is 2. The van der Waals surface area contributed by atoms with Gasteiger partial charge in [-0.3, -0.25) is 24.4 Å². The summed E-state index contributed by atoms with van der Waals surface area (Å²) in [6, 6.07) is -0.810. The third-order valence-corrected chi connectivity index (χ3v) is 9.15. The lowest BCUT2D eigenvalue weighted by Crippen LogP contribution is -2.52. The average molecular weight is 652 g/mol. The number of likely N-dealkylation sites (tertiary alicyclic amines) is 1. The summed E-state index contributed by atoms with van der Waals surface area (Å²) in [5, 5.41) is 23.0. The lowest BCUT2D eigenvalue weighted by atomic mass is 9.91. The fourth-order valence-corrected chi connectivity index (χ4v) is 6.43. The van der Waals surface area contributed by atoms with Gasteiger partial charge < -0.3 is 10.4 Å². The molecule has 2 aliphatic rings. The van der Waals surface area contributed by atoms with Crippen LogP contribution in [0.3, 0.4) is 0 Å². The number of halogens is 7. The first kappa shape index (κ1) is 33.3. The summed E-state index contributed by atoms with van der Waals surface area (Å²) in [4.78, 5) is 32.1. The lowest BCUT2D eigenvalue weighted by molar-refractivity contribution is -0.129. The highest BCUT2D eigenvalue weighted by atomic mass is 32.5. The van der Waals surface area contributed by atoms with Crippen LogP contribution in [0.2, 0.25) is 0 Å². The second-order valence-corrected chi connectivity index (χ2v) is 14.2. The molecule has 2 fully saturated rings. The molecule has 1 saturated carbocycles. The van der Waals surface area contributed by atoms with Crippen molar-refractivity contribution in [1.82, 2.24) is 15.2 Å². The summed E-state index contributed by atoms with van der Waals surface area (Å²) in [7, 11) is -10.1. The standard InChI is InChI=1S/C28H32F7N5O3S/c1-17-10-13-37-18(2)23(17)24(25(41)38-19-8-11-28(29,30)12-9-19)40(26(42)22-14-27(3,43)15-39(22)16-36)20-4-6-21(7-5-20)44(31,32,33,34)35/h4-7,10,13,19,22,24,43H,8-9,11-12,14-15H2,1-3H3,(H,38,41)/t22-,24?,27-/m1/s1. The van der Waals surface area contributed by atoms with Gasteiger partial charge in [0.15, 0.2) is 6.19 Å². The number of aromatic nitrogens is 1. The van der Waals surface area contributed by atoms with Crippen LogP contribution in [0.5, 0.6) is 0 Å². The fraction of sp³-hybridized carbons (Fsp3) is 0.500. The molecule has 1 aromatic heterocycles. The molecule has 1 saturated heterocycles. The molecule has 1 unspecified atom stereocenters. The highest BCUT2D eigenvalue weighted by Gasteiger charge is 2.65. The molecule has 0 bridgehead atoms. The topological polar surface area (TPSA) is 110 Å². The Balaban J connectivity index is 1.88. The van der Waals surface area contributed by atoms with Gasteiger partial charge in [0.2, 0.25) is 11.8 Å². The Morgan fingerprint density at radius 2 is 1.70 bits per heavy atom. The maximum absolute atomic E-state index is 14.3. The monoisotopic (exact) mass is 651 g/mol. The smallest absolute Gasteiger partial charge is 0.310 e. The fourth-order valence-electron chi connectivity index (χ4n) is 5.78. The van der Waals surface area contributed by atoms with E-state index in [-0.39, 0.29) is 54.9 Å². The third-order valence-electron chi connectivity index (χ3n) is 7.98. The number of alkyl halides is 2. The largest absolute Gasteiger partial charge is 0.388 e. The van der Waals surface area contributed by atoms with Crippen molar-refractivity contribution >= 4 is 27.7 Å². The van der Waals surface area contributed by atoms with Crippen LogP contribution in [0.25, 0.3) is 0 Å². The Morgan fingerprint density at radius 3 is 2.23 bits per heavy atom. The molecule has 3 atom stereocenters. The second kappa shape index (κ2) is 10.5. The van der Waals surface area contributed by atoms with Gasteiger partial charge in [0, 0.05) is 48.4 Å². The van der Waals surface area contributed by atoms with Crippen LogP contribution in [-0.2, 0) is 9.59 Å². The Bertz CT molecular complexity index is 1470. The minimum atomic E-state index is -10.1. The molecule has 2 heterocycles. The molecule has 0 radical (unpaired) electrons. The van der Waals surface area contributed by atoms with E-state index in [2.05, 4.69) is 10.3 Å². The minimum absolute atomic E-state index is 0.0866. The number of hydrogen-bond acceptors (Lipinski definition) is 6. The van der Waals surface area contributed by atoms with Gasteiger partial charge in [-0.2, -0.15) is 5.26 Å². The number of aryl methyl sites for hydroxylation is 2. The van der Waals surface area contributed by atoms with E-state index in [1.54, 1.807) is 13.1 Å². The summed E-state index contributed by atoms with van der Waals surface area (Å²) in [5.41, 5.74) is -1.08. The molecule has 2 aromatic rings. The predicted molar refractivity (Wildman–Crippen MR) is 148 cm³/mol. The maximum atomic E-state index is 14.3. The molecule has 2 N–H and O–H groups in total. The third kappa shape index (κ3) is 7.20. The van der Waals surface area contributed by atoms with Gasteiger partial charge >= 0.3 is 10.2 Å². The molecule has 1 aliphatic heterocycles. The number of carbonyl (C=O) groups is 2. The number of nitrogens with one attached hydrogen (secondary N) is 1. The number of rotatable bonds is 7. The number of hydrogen-bond donors (Lipinski definition) is 2. The van der Waals surface area contributed by atoms with Gasteiger partial charge in [0.25, 0.3) is 5.91 Å². The minimum Gasteiger partial charge on any atom is -0.388 e. The number of nitrogens with zero attached hydrogens (tertiary/aromatic N) is 4. The van der Waals surface area contributed by atoms with E-state index in [0.717, 1.165) is 9.80 Å². The number of anilines is 1. The molecule has 16 heteroatoms. The summed E-state index contributed by atoms with van der Waals surface area (Å²) in [5.74, 6) is -4.77. The van der Waals surface area contributed by atoms with E-state index in [9.17, 15) is 48.2 Å². The van der Waals surface area contributed by atoms with Crippen molar-refractivity contribution in [2.45, 2.75) is 87.4 Å². The van der Waals surface area contributed by atoms with Crippen LogP contribution in [0.15, 0.2) is 41.4 Å². The first-order chi connectivity index (χ1) is 20.0. The summed E-state index contributed by atoms with van der Waals surface area (Å²) in [6.07, 6.45) is 1.76. The van der Waals surface area contributed by atoms with E-state index in [1.807, 2.05) is 0 Å². The number of carbonyl (C=O) groups excluding carboxylic acids is 2. The first-order valence-corrected chi connectivity index (χ1v) is 15.6. The summed E-state index contributed by atoms with van der Waals surface area (Å²) in [6.45, 7) is 4.21. The van der Waals surface area contributed by atoms with E-state index in [0.29, 0.717) is 17.7 Å². The molecule has 0 spiro atoms. The highest BCUT2D eigenvalue weighted by Crippen LogP contribution is 3.02. The van der Waals surface area contributed by atoms with Gasteiger partial charge in [-0.25, -0.2) is 8.78 Å². The van der Waals surface area contributed by atoms with Gasteiger partial charge in [-0.15, -0.1) is 0 Å². The zero-order valence-corrected chi connectivity index (χ0v) is 24.9. The van der Waals surface area contributed by atoms with Crippen molar-refractivity contribution in [1.29, 1.82) is 5.26 Å². The Morgan fingerprint density at radius 1 is 1.11 bits per heavy atom. The van der Waals surface area contributed by atoms with Gasteiger partial charge in [-0.05, 0) is 69.5 Å². The zero-order chi connectivity index (χ0) is 32.9. The zero-order valence-electron chi connectivity index (χ0n) is 24.0. The van der Waals surface area contributed by atoms with Crippen molar-refractivity contribution in [3.05, 3.63) is 53.3 Å². The lowest BCUT2D eigenvalue weighted by Gasteiger charge is -2.41. The normalized spacial score (nSPS) is 24.5. The molecule has 1 aliphatic carbocycles. The van der Waals surface area contributed by atoms with Crippen LogP contribution < -0.4 is 10.2 Å². The molecule has 1 aromatic carbocycles. The molecule has 8 nitrogen and oxygen atoms in total. The molecule has 242 valence electrons. The molecular weight excluding hydrogens is 619 g/mol. The molecular formula is C28H32F7N5O3S. The number of β-amino-alcohol motifs (C(OH)–C–C–N with tert-alkyl or cyclic N) is 1. The number of benzene rings is 1. The SMILES string of the molecule is Cc1ccnc(C)c1C(C(=O)NC1CCC(F)(F)CC1)N(C(=O)[C@H]1C[C@@](C)(O)CN1C#N)c1ccc(S(F)(F)(F)(F)F)cc1. The van der Waals surface area contributed by atoms with E-state index in [1.165, 1.54) is 26.1 Å². The van der Waals surface area contributed by atoms with Crippen molar-refractivity contribution in [3.63, 3.8) is 0 Å². The van der Waals surface area contributed by atoms with E-state index in [4.69, 9.17) is 0 Å².